The number of amides is 1. The minimum Gasteiger partial charge on any atom is -0.312 e. The number of carbonyl (C=O) groups is 1. The van der Waals surface area contributed by atoms with Crippen molar-refractivity contribution < 1.29 is 10.0 Å². The van der Waals surface area contributed by atoms with E-state index in [1.165, 1.54) is 0 Å². The summed E-state index contributed by atoms with van der Waals surface area (Å²) in [5, 5.41) is 9.16. The van der Waals surface area contributed by atoms with E-state index in [0.29, 0.717) is 5.06 Å². The molecule has 9 heavy (non-hydrogen) atoms. The molecule has 0 bridgehead atoms. The molecule has 0 aromatic rings. The fourth-order valence-electron chi connectivity index (χ4n) is 0.388. The first-order chi connectivity index (χ1) is 4.09. The second-order valence-electron chi connectivity index (χ2n) is 2.08. The van der Waals surface area contributed by atoms with Crippen molar-refractivity contribution in [3.63, 3.8) is 0 Å². The van der Waals surface area contributed by atoms with E-state index in [1.807, 2.05) is 0 Å². The number of rotatable bonds is 2. The van der Waals surface area contributed by atoms with Gasteiger partial charge in [-0.2, -0.15) is 0 Å². The van der Waals surface area contributed by atoms with Crippen LogP contribution in [0.5, 0.6) is 0 Å². The Morgan fingerprint density at radius 2 is 2.22 bits per heavy atom. The number of hydrogen-bond donors (Lipinski definition) is 2. The summed E-state index contributed by atoms with van der Waals surface area (Å²) in [4.78, 5) is 10.7. The average Bonchev–Trinajstić information content (AvgIpc) is 1.84. The van der Waals surface area contributed by atoms with Crippen LogP contribution in [0, 0.1) is 5.92 Å². The highest BCUT2D eigenvalue weighted by Gasteiger charge is 2.11. The molecule has 0 aromatic carbocycles. The van der Waals surface area contributed by atoms with E-state index in [0.717, 1.165) is 0 Å². The van der Waals surface area contributed by atoms with Gasteiger partial charge in [-0.1, -0.05) is 13.8 Å². The standard InChI is InChI=1S/C5H12N2O2/c1-4(2)5(8)7(9)3-6/h4,9H,3,6H2,1-2H3. The summed E-state index contributed by atoms with van der Waals surface area (Å²) in [6.45, 7) is 3.25. The lowest BCUT2D eigenvalue weighted by molar-refractivity contribution is -0.168. The van der Waals surface area contributed by atoms with Gasteiger partial charge in [0.05, 0.1) is 6.67 Å². The maximum Gasteiger partial charge on any atom is 0.249 e. The highest BCUT2D eigenvalue weighted by Crippen LogP contribution is 1.95. The topological polar surface area (TPSA) is 66.6 Å². The Balaban J connectivity index is 3.73. The van der Waals surface area contributed by atoms with E-state index < -0.39 is 0 Å². The first kappa shape index (κ1) is 8.39. The molecule has 0 aliphatic carbocycles. The van der Waals surface area contributed by atoms with Crippen molar-refractivity contribution in [2.75, 3.05) is 6.67 Å². The van der Waals surface area contributed by atoms with Crippen LogP contribution in [-0.4, -0.2) is 22.8 Å². The first-order valence-corrected chi connectivity index (χ1v) is 2.80. The largest absolute Gasteiger partial charge is 0.312 e. The van der Waals surface area contributed by atoms with E-state index >= 15 is 0 Å². The van der Waals surface area contributed by atoms with Gasteiger partial charge in [-0.3, -0.25) is 10.0 Å². The number of hydroxylamine groups is 2. The lowest BCUT2D eigenvalue weighted by Gasteiger charge is -2.13. The number of hydrogen-bond acceptors (Lipinski definition) is 3. The summed E-state index contributed by atoms with van der Waals surface area (Å²) in [5.41, 5.74) is 4.97. The predicted octanol–water partition coefficient (Wildman–Crippen LogP) is -0.224. The number of nitrogens with zero attached hydrogens (tertiary/aromatic N) is 1. The van der Waals surface area contributed by atoms with Gasteiger partial charge in [0.2, 0.25) is 5.91 Å². The number of carbonyl (C=O) groups excluding carboxylic acids is 1. The summed E-state index contributed by atoms with van der Waals surface area (Å²) in [7, 11) is 0. The Hall–Kier alpha value is -0.610. The van der Waals surface area contributed by atoms with Crippen molar-refractivity contribution in [1.29, 1.82) is 0 Å². The monoisotopic (exact) mass is 132 g/mol. The van der Waals surface area contributed by atoms with Gasteiger partial charge in [0, 0.05) is 5.92 Å². The normalized spacial score (nSPS) is 9.89. The molecular weight excluding hydrogens is 120 g/mol. The van der Waals surface area contributed by atoms with E-state index in [4.69, 9.17) is 10.9 Å². The van der Waals surface area contributed by atoms with Gasteiger partial charge >= 0.3 is 0 Å². The van der Waals surface area contributed by atoms with Crippen LogP contribution < -0.4 is 5.73 Å². The molecule has 0 aliphatic heterocycles. The minimum atomic E-state index is -0.350. The van der Waals surface area contributed by atoms with Crippen molar-refractivity contribution in [2.45, 2.75) is 13.8 Å². The van der Waals surface area contributed by atoms with Crippen molar-refractivity contribution in [3.05, 3.63) is 0 Å². The minimum absolute atomic E-state index is 0.142. The fourth-order valence-corrected chi connectivity index (χ4v) is 0.388. The molecular formula is C5H12N2O2. The van der Waals surface area contributed by atoms with E-state index in [9.17, 15) is 4.79 Å². The fraction of sp³-hybridized carbons (Fsp3) is 0.800. The molecule has 1 amide bonds. The summed E-state index contributed by atoms with van der Waals surface area (Å²) in [6, 6.07) is 0. The molecule has 0 fully saturated rings. The van der Waals surface area contributed by atoms with Gasteiger partial charge in [-0.05, 0) is 0 Å². The van der Waals surface area contributed by atoms with E-state index in [1.54, 1.807) is 13.8 Å². The van der Waals surface area contributed by atoms with Gasteiger partial charge in [0.25, 0.3) is 0 Å². The van der Waals surface area contributed by atoms with E-state index in [2.05, 4.69) is 0 Å². The Morgan fingerprint density at radius 3 is 2.33 bits per heavy atom. The van der Waals surface area contributed by atoms with Gasteiger partial charge in [0.1, 0.15) is 0 Å². The molecule has 0 aliphatic rings. The molecule has 0 radical (unpaired) electrons. The maximum absolute atomic E-state index is 10.7. The quantitative estimate of drug-likeness (QED) is 0.310. The molecule has 0 saturated carbocycles. The molecule has 4 heteroatoms. The van der Waals surface area contributed by atoms with Crippen LogP contribution >= 0.6 is 0 Å². The van der Waals surface area contributed by atoms with Crippen molar-refractivity contribution in [2.24, 2.45) is 11.7 Å². The molecule has 0 rings (SSSR count). The Morgan fingerprint density at radius 1 is 1.78 bits per heavy atom. The zero-order valence-electron chi connectivity index (χ0n) is 5.66. The summed E-state index contributed by atoms with van der Waals surface area (Å²) < 4.78 is 0. The average molecular weight is 132 g/mol. The predicted molar refractivity (Wildman–Crippen MR) is 32.5 cm³/mol. The Bertz CT molecular complexity index is 103. The summed E-state index contributed by atoms with van der Waals surface area (Å²) >= 11 is 0. The van der Waals surface area contributed by atoms with Crippen LogP contribution in [0.25, 0.3) is 0 Å². The highest BCUT2D eigenvalue weighted by atomic mass is 16.5. The molecule has 0 unspecified atom stereocenters. The second kappa shape index (κ2) is 3.42. The highest BCUT2D eigenvalue weighted by molar-refractivity contribution is 5.76. The zero-order valence-corrected chi connectivity index (χ0v) is 5.66. The van der Waals surface area contributed by atoms with Gasteiger partial charge in [-0.15, -0.1) is 0 Å². The Kier molecular flexibility index (Phi) is 3.19. The third-order valence-corrected chi connectivity index (χ3v) is 0.921. The van der Waals surface area contributed by atoms with Crippen LogP contribution in [0.1, 0.15) is 13.8 Å². The van der Waals surface area contributed by atoms with Crippen LogP contribution in [0.4, 0.5) is 0 Å². The first-order valence-electron chi connectivity index (χ1n) is 2.80. The molecule has 0 saturated heterocycles. The van der Waals surface area contributed by atoms with Gasteiger partial charge < -0.3 is 5.73 Å². The molecule has 0 aromatic heterocycles. The molecule has 3 N–H and O–H groups in total. The van der Waals surface area contributed by atoms with Crippen molar-refractivity contribution in [1.82, 2.24) is 5.06 Å². The third-order valence-electron chi connectivity index (χ3n) is 0.921. The van der Waals surface area contributed by atoms with Crippen molar-refractivity contribution in [3.8, 4) is 0 Å². The summed E-state index contributed by atoms with van der Waals surface area (Å²) in [6.07, 6.45) is 0. The SMILES string of the molecule is CC(C)C(=O)N(O)CN. The van der Waals surface area contributed by atoms with Crippen LogP contribution in [-0.2, 0) is 4.79 Å². The lowest BCUT2D eigenvalue weighted by Crippen LogP contribution is -2.35. The smallest absolute Gasteiger partial charge is 0.249 e. The molecule has 4 nitrogen and oxygen atoms in total. The summed E-state index contributed by atoms with van der Waals surface area (Å²) in [5.74, 6) is -0.545. The third kappa shape index (κ3) is 2.43. The number of nitrogens with two attached hydrogens (primary N) is 1. The second-order valence-corrected chi connectivity index (χ2v) is 2.08. The van der Waals surface area contributed by atoms with Crippen molar-refractivity contribution >= 4 is 5.91 Å². The Labute approximate surface area is 54.2 Å². The zero-order chi connectivity index (χ0) is 7.44. The molecule has 0 atom stereocenters. The van der Waals surface area contributed by atoms with Gasteiger partial charge in [-0.25, -0.2) is 5.06 Å². The van der Waals surface area contributed by atoms with Gasteiger partial charge in [0.15, 0.2) is 0 Å². The van der Waals surface area contributed by atoms with Crippen LogP contribution in [0.3, 0.4) is 0 Å². The molecule has 54 valence electrons. The van der Waals surface area contributed by atoms with E-state index in [-0.39, 0.29) is 18.5 Å². The molecule has 0 spiro atoms. The van der Waals surface area contributed by atoms with Crippen LogP contribution in [0.2, 0.25) is 0 Å². The van der Waals surface area contributed by atoms with Crippen LogP contribution in [0.15, 0.2) is 0 Å². The lowest BCUT2D eigenvalue weighted by atomic mass is 10.2. The molecule has 0 heterocycles. The maximum atomic E-state index is 10.7.